The number of tetrazole rings is 1. The number of benzene rings is 4. The number of carbonyl (C=O) groups is 2. The van der Waals surface area contributed by atoms with Crippen LogP contribution >= 0.6 is 11.8 Å². The van der Waals surface area contributed by atoms with Gasteiger partial charge >= 0.3 is 0 Å². The van der Waals surface area contributed by atoms with Crippen LogP contribution in [0.5, 0.6) is 0 Å². The number of thioether (sulfide) groups is 1. The standard InChI is InChI=1S/C34H29N5O5S/c1-21-29(20-45-34-35-36-37-39(34)26-7-3-2-4-8-26)43-33(44-30(21)23-13-11-22(19-40)12-14-23)24-15-17-25(18-16-24)38-31(41)27-9-5-6-10-28(27)32(38)42/h2-18,21,29-30,33,40H,19-20H2,1H3/t21-,29+,30+,33+/m0/s1. The molecule has 1 N–H and O–H groups in total. The number of fused-ring (bicyclic) bond motifs is 1. The maximum Gasteiger partial charge on any atom is 0.266 e. The SMILES string of the molecule is C[C@H]1[C@@H](CSc2nnnn2-c2ccccc2)O[C@@H](c2ccc(N3C(=O)c4ccccc4C3=O)cc2)O[C@H]1c1ccc(CO)cc1. The number of aliphatic hydroxyl groups excluding tert-OH is 1. The van der Waals surface area contributed by atoms with Crippen molar-refractivity contribution in [1.82, 2.24) is 20.2 Å². The van der Waals surface area contributed by atoms with Gasteiger partial charge < -0.3 is 14.6 Å². The molecule has 45 heavy (non-hydrogen) atoms. The first-order valence-electron chi connectivity index (χ1n) is 14.6. The summed E-state index contributed by atoms with van der Waals surface area (Å²) >= 11 is 1.50. The van der Waals surface area contributed by atoms with Gasteiger partial charge in [-0.15, -0.1) is 5.10 Å². The first kappa shape index (κ1) is 29.1. The van der Waals surface area contributed by atoms with E-state index in [0.29, 0.717) is 27.7 Å². The van der Waals surface area contributed by atoms with Gasteiger partial charge in [-0.1, -0.05) is 85.4 Å². The minimum Gasteiger partial charge on any atom is -0.392 e. The van der Waals surface area contributed by atoms with Crippen molar-refractivity contribution < 1.29 is 24.2 Å². The number of nitrogens with zero attached hydrogens (tertiary/aromatic N) is 5. The number of hydrogen-bond acceptors (Lipinski definition) is 9. The van der Waals surface area contributed by atoms with Crippen LogP contribution in [-0.4, -0.2) is 49.0 Å². The van der Waals surface area contributed by atoms with Crippen molar-refractivity contribution >= 4 is 29.3 Å². The van der Waals surface area contributed by atoms with Crippen LogP contribution in [0.2, 0.25) is 0 Å². The fraction of sp³-hybridized carbons (Fsp3) is 0.206. The van der Waals surface area contributed by atoms with Crippen molar-refractivity contribution in [3.8, 4) is 5.69 Å². The third-order valence-corrected chi connectivity index (χ3v) is 9.17. The summed E-state index contributed by atoms with van der Waals surface area (Å²) in [5, 5.41) is 22.5. The minimum absolute atomic E-state index is 0.0348. The Balaban J connectivity index is 1.14. The molecule has 0 aliphatic carbocycles. The zero-order valence-electron chi connectivity index (χ0n) is 24.3. The molecule has 0 saturated carbocycles. The van der Waals surface area contributed by atoms with Crippen molar-refractivity contribution in [3.05, 3.63) is 131 Å². The highest BCUT2D eigenvalue weighted by molar-refractivity contribution is 7.99. The lowest BCUT2D eigenvalue weighted by molar-refractivity contribution is -0.268. The number of anilines is 1. The Morgan fingerprint density at radius 1 is 0.778 bits per heavy atom. The molecule has 4 atom stereocenters. The van der Waals surface area contributed by atoms with E-state index in [9.17, 15) is 14.7 Å². The lowest BCUT2D eigenvalue weighted by Crippen LogP contribution is -2.38. The predicted molar refractivity (Wildman–Crippen MR) is 167 cm³/mol. The second-order valence-electron chi connectivity index (χ2n) is 10.9. The van der Waals surface area contributed by atoms with Crippen LogP contribution < -0.4 is 4.90 Å². The first-order chi connectivity index (χ1) is 22.0. The van der Waals surface area contributed by atoms with Crippen molar-refractivity contribution in [2.75, 3.05) is 10.7 Å². The second kappa shape index (κ2) is 12.4. The molecule has 4 aromatic carbocycles. The van der Waals surface area contributed by atoms with Gasteiger partial charge in [-0.3, -0.25) is 9.59 Å². The highest BCUT2D eigenvalue weighted by atomic mass is 32.2. The van der Waals surface area contributed by atoms with Crippen molar-refractivity contribution in [3.63, 3.8) is 0 Å². The van der Waals surface area contributed by atoms with Crippen LogP contribution in [0, 0.1) is 5.92 Å². The molecule has 3 heterocycles. The van der Waals surface area contributed by atoms with Gasteiger partial charge in [0.1, 0.15) is 0 Å². The molecule has 2 amide bonds. The summed E-state index contributed by atoms with van der Waals surface area (Å²) in [5.41, 5.74) is 4.68. The molecule has 1 fully saturated rings. The monoisotopic (exact) mass is 619 g/mol. The summed E-state index contributed by atoms with van der Waals surface area (Å²) in [4.78, 5) is 27.2. The van der Waals surface area contributed by atoms with Gasteiger partial charge in [0.15, 0.2) is 6.29 Å². The molecule has 2 aliphatic rings. The van der Waals surface area contributed by atoms with Crippen molar-refractivity contribution in [1.29, 1.82) is 0 Å². The Hall–Kier alpha value is -4.68. The number of aromatic nitrogens is 4. The molecule has 1 aromatic heterocycles. The maximum atomic E-state index is 13.0. The van der Waals surface area contributed by atoms with E-state index in [4.69, 9.17) is 9.47 Å². The summed E-state index contributed by atoms with van der Waals surface area (Å²) in [5.74, 6) is -0.160. The van der Waals surface area contributed by atoms with Gasteiger partial charge in [-0.25, -0.2) is 4.90 Å². The molecular weight excluding hydrogens is 590 g/mol. The Morgan fingerprint density at radius 2 is 1.42 bits per heavy atom. The average molecular weight is 620 g/mol. The van der Waals surface area contributed by atoms with E-state index < -0.39 is 6.29 Å². The summed E-state index contributed by atoms with van der Waals surface area (Å²) in [6.07, 6.45) is -1.26. The third-order valence-electron chi connectivity index (χ3n) is 8.16. The summed E-state index contributed by atoms with van der Waals surface area (Å²) < 4.78 is 14.9. The summed E-state index contributed by atoms with van der Waals surface area (Å²) in [6.45, 7) is 2.06. The van der Waals surface area contributed by atoms with Crippen LogP contribution in [0.3, 0.4) is 0 Å². The van der Waals surface area contributed by atoms with Gasteiger partial charge in [0.25, 0.3) is 11.8 Å². The molecule has 7 rings (SSSR count). The quantitative estimate of drug-likeness (QED) is 0.176. The molecule has 1 saturated heterocycles. The van der Waals surface area contributed by atoms with Crippen molar-refractivity contribution in [2.24, 2.45) is 5.92 Å². The number of imide groups is 1. The fourth-order valence-corrected chi connectivity index (χ4v) is 6.72. The highest BCUT2D eigenvalue weighted by Crippen LogP contribution is 2.43. The van der Waals surface area contributed by atoms with Crippen LogP contribution in [0.15, 0.2) is 108 Å². The number of hydrogen-bond donors (Lipinski definition) is 1. The number of aliphatic hydroxyl groups is 1. The molecular formula is C34H29N5O5S. The highest BCUT2D eigenvalue weighted by Gasteiger charge is 2.40. The van der Waals surface area contributed by atoms with E-state index in [1.165, 1.54) is 16.7 Å². The molecule has 5 aromatic rings. The second-order valence-corrected chi connectivity index (χ2v) is 11.9. The van der Waals surface area contributed by atoms with E-state index in [0.717, 1.165) is 22.4 Å². The van der Waals surface area contributed by atoms with E-state index in [-0.39, 0.29) is 36.5 Å². The number of carbonyl (C=O) groups excluding carboxylic acids is 2. The molecule has 0 spiro atoms. The number of ether oxygens (including phenoxy) is 2. The lowest BCUT2D eigenvalue weighted by atomic mass is 9.91. The lowest BCUT2D eigenvalue weighted by Gasteiger charge is -2.41. The average Bonchev–Trinajstić information content (AvgIpc) is 3.67. The third kappa shape index (κ3) is 5.55. The van der Waals surface area contributed by atoms with E-state index in [1.807, 2.05) is 66.7 Å². The Kier molecular flexibility index (Phi) is 7.99. The topological polar surface area (TPSA) is 120 Å². The molecule has 0 bridgehead atoms. The molecule has 11 heteroatoms. The maximum absolute atomic E-state index is 13.0. The zero-order valence-corrected chi connectivity index (χ0v) is 25.1. The minimum atomic E-state index is -0.712. The zero-order chi connectivity index (χ0) is 30.9. The molecule has 10 nitrogen and oxygen atoms in total. The van der Waals surface area contributed by atoms with Crippen LogP contribution in [0.1, 0.15) is 56.7 Å². The fourth-order valence-electron chi connectivity index (χ4n) is 5.67. The van der Waals surface area contributed by atoms with Gasteiger partial charge in [0.05, 0.1) is 41.3 Å². The Morgan fingerprint density at radius 3 is 2.09 bits per heavy atom. The van der Waals surface area contributed by atoms with Crippen LogP contribution in [0.25, 0.3) is 5.69 Å². The van der Waals surface area contributed by atoms with E-state index in [1.54, 1.807) is 41.1 Å². The van der Waals surface area contributed by atoms with E-state index in [2.05, 4.69) is 22.4 Å². The van der Waals surface area contributed by atoms with Crippen molar-refractivity contribution in [2.45, 2.75) is 37.2 Å². The van der Waals surface area contributed by atoms with Gasteiger partial charge in [-0.2, -0.15) is 4.68 Å². The number of rotatable bonds is 8. The molecule has 226 valence electrons. The predicted octanol–water partition coefficient (Wildman–Crippen LogP) is 5.54. The first-order valence-corrected chi connectivity index (χ1v) is 15.6. The van der Waals surface area contributed by atoms with Crippen LogP contribution in [0.4, 0.5) is 5.69 Å². The van der Waals surface area contributed by atoms with E-state index >= 15 is 0 Å². The summed E-state index contributed by atoms with van der Waals surface area (Å²) in [6, 6.07) is 31.4. The number of amides is 2. The molecule has 2 aliphatic heterocycles. The Labute approximate surface area is 263 Å². The largest absolute Gasteiger partial charge is 0.392 e. The smallest absolute Gasteiger partial charge is 0.266 e. The van der Waals surface area contributed by atoms with Gasteiger partial charge in [0.2, 0.25) is 5.16 Å². The summed E-state index contributed by atoms with van der Waals surface area (Å²) in [7, 11) is 0. The van der Waals surface area contributed by atoms with Crippen LogP contribution in [-0.2, 0) is 16.1 Å². The number of para-hydroxylation sites is 1. The molecule has 0 radical (unpaired) electrons. The molecule has 0 unspecified atom stereocenters. The Bertz CT molecular complexity index is 1800. The van der Waals surface area contributed by atoms with Gasteiger partial charge in [0, 0.05) is 17.2 Å². The van der Waals surface area contributed by atoms with Gasteiger partial charge in [-0.05, 0) is 58.0 Å². The normalized spacial score (nSPS) is 21.2.